The van der Waals surface area contributed by atoms with Gasteiger partial charge in [0.25, 0.3) is 15.7 Å². The number of carbonyl (C=O) groups is 1. The van der Waals surface area contributed by atoms with Crippen molar-refractivity contribution in [3.05, 3.63) is 57.1 Å². The number of carbonyl (C=O) groups excluding carboxylic acids is 1. The Morgan fingerprint density at radius 1 is 1.21 bits per heavy atom. The highest BCUT2D eigenvalue weighted by Gasteiger charge is 2.30. The molecule has 11 heteroatoms. The summed E-state index contributed by atoms with van der Waals surface area (Å²) in [5.74, 6) is -0.508. The number of non-ortho nitro benzene ring substituents is 1. The molecule has 0 radical (unpaired) electrons. The molecule has 0 aliphatic rings. The minimum Gasteiger partial charge on any atom is -0.495 e. The van der Waals surface area contributed by atoms with Crippen molar-refractivity contribution >= 4 is 39.0 Å². The summed E-state index contributed by atoms with van der Waals surface area (Å²) in [6, 6.07) is 7.62. The van der Waals surface area contributed by atoms with Crippen LogP contribution in [0.4, 0.5) is 11.4 Å². The average Bonchev–Trinajstić information content (AvgIpc) is 2.65. The fourth-order valence-electron chi connectivity index (χ4n) is 2.41. The van der Waals surface area contributed by atoms with E-state index in [9.17, 15) is 23.3 Å². The van der Waals surface area contributed by atoms with E-state index in [0.29, 0.717) is 5.75 Å². The maximum atomic E-state index is 13.3. The van der Waals surface area contributed by atoms with Crippen molar-refractivity contribution in [1.82, 2.24) is 0 Å². The topological polar surface area (TPSA) is 116 Å². The summed E-state index contributed by atoms with van der Waals surface area (Å²) in [6.07, 6.45) is 0. The number of nitro groups is 1. The fraction of sp³-hybridized carbons (Fsp3) is 0.235. The molecule has 0 fully saturated rings. The fourth-order valence-corrected chi connectivity index (χ4v) is 4.31. The molecule has 150 valence electrons. The van der Waals surface area contributed by atoms with Crippen LogP contribution in [0.15, 0.2) is 41.3 Å². The largest absolute Gasteiger partial charge is 0.495 e. The zero-order valence-corrected chi connectivity index (χ0v) is 16.8. The van der Waals surface area contributed by atoms with Gasteiger partial charge in [0.1, 0.15) is 12.3 Å². The second-order valence-electron chi connectivity index (χ2n) is 5.61. The maximum absolute atomic E-state index is 13.3. The number of hydrogen-bond acceptors (Lipinski definition) is 7. The van der Waals surface area contributed by atoms with Gasteiger partial charge in [-0.2, -0.15) is 0 Å². The van der Waals surface area contributed by atoms with Crippen molar-refractivity contribution in [2.75, 3.05) is 25.1 Å². The van der Waals surface area contributed by atoms with Crippen LogP contribution in [-0.4, -0.2) is 40.1 Å². The zero-order valence-electron chi connectivity index (χ0n) is 15.2. The van der Waals surface area contributed by atoms with Gasteiger partial charge >= 0.3 is 5.97 Å². The highest BCUT2D eigenvalue weighted by molar-refractivity contribution is 7.93. The lowest BCUT2D eigenvalue weighted by atomic mass is 10.2. The average molecular weight is 429 g/mol. The molecule has 0 heterocycles. The van der Waals surface area contributed by atoms with Crippen LogP contribution in [0.2, 0.25) is 5.02 Å². The van der Waals surface area contributed by atoms with E-state index in [2.05, 4.69) is 4.74 Å². The third kappa shape index (κ3) is 4.34. The highest BCUT2D eigenvalue weighted by atomic mass is 35.5. The highest BCUT2D eigenvalue weighted by Crippen LogP contribution is 2.33. The molecule has 2 rings (SSSR count). The van der Waals surface area contributed by atoms with Crippen molar-refractivity contribution in [2.24, 2.45) is 0 Å². The number of benzene rings is 2. The monoisotopic (exact) mass is 428 g/mol. The Bertz CT molecular complexity index is 1020. The number of aryl methyl sites for hydroxylation is 1. The van der Waals surface area contributed by atoms with Crippen LogP contribution in [0.3, 0.4) is 0 Å². The van der Waals surface area contributed by atoms with Gasteiger partial charge in [-0.1, -0.05) is 17.7 Å². The molecule has 2 aromatic rings. The predicted molar refractivity (Wildman–Crippen MR) is 102 cm³/mol. The van der Waals surface area contributed by atoms with E-state index in [-0.39, 0.29) is 21.2 Å². The van der Waals surface area contributed by atoms with Crippen molar-refractivity contribution in [3.8, 4) is 5.75 Å². The summed E-state index contributed by atoms with van der Waals surface area (Å²) < 4.78 is 36.9. The van der Waals surface area contributed by atoms with Crippen molar-refractivity contribution in [3.63, 3.8) is 0 Å². The Hall–Kier alpha value is -2.85. The lowest BCUT2D eigenvalue weighted by Crippen LogP contribution is -2.36. The van der Waals surface area contributed by atoms with E-state index in [1.165, 1.54) is 44.4 Å². The van der Waals surface area contributed by atoms with E-state index in [4.69, 9.17) is 16.3 Å². The van der Waals surface area contributed by atoms with Crippen LogP contribution in [0, 0.1) is 17.0 Å². The summed E-state index contributed by atoms with van der Waals surface area (Å²) in [7, 11) is -1.84. The number of esters is 1. The Balaban J connectivity index is 2.66. The summed E-state index contributed by atoms with van der Waals surface area (Å²) in [5.41, 5.74) is -0.0443. The molecule has 0 saturated carbocycles. The lowest BCUT2D eigenvalue weighted by molar-refractivity contribution is -0.385. The summed E-state index contributed by atoms with van der Waals surface area (Å²) in [4.78, 5) is 21.9. The van der Waals surface area contributed by atoms with Crippen LogP contribution in [-0.2, 0) is 19.6 Å². The molecule has 0 aliphatic carbocycles. The van der Waals surface area contributed by atoms with Gasteiger partial charge in [-0.25, -0.2) is 8.42 Å². The minimum atomic E-state index is -4.35. The summed E-state index contributed by atoms with van der Waals surface area (Å²) >= 11 is 6.09. The minimum absolute atomic E-state index is 0.0714. The van der Waals surface area contributed by atoms with Gasteiger partial charge in [0.05, 0.1) is 34.7 Å². The van der Waals surface area contributed by atoms with E-state index in [1.807, 2.05) is 0 Å². The summed E-state index contributed by atoms with van der Waals surface area (Å²) in [6.45, 7) is 0.845. The van der Waals surface area contributed by atoms with Gasteiger partial charge in [0.2, 0.25) is 0 Å². The van der Waals surface area contributed by atoms with Crippen LogP contribution in [0.25, 0.3) is 0 Å². The van der Waals surface area contributed by atoms with Gasteiger partial charge < -0.3 is 9.47 Å². The number of ether oxygens (including phenoxy) is 2. The first-order chi connectivity index (χ1) is 13.1. The third-order valence-corrected chi connectivity index (χ3v) is 6.09. The van der Waals surface area contributed by atoms with Crippen LogP contribution < -0.4 is 9.04 Å². The molecule has 0 N–H and O–H groups in total. The first-order valence-corrected chi connectivity index (χ1v) is 9.61. The first-order valence-electron chi connectivity index (χ1n) is 7.80. The molecule has 0 bridgehead atoms. The van der Waals surface area contributed by atoms with Gasteiger partial charge in [-0.15, -0.1) is 0 Å². The van der Waals surface area contributed by atoms with E-state index >= 15 is 0 Å². The smallest absolute Gasteiger partial charge is 0.326 e. The van der Waals surface area contributed by atoms with E-state index in [0.717, 1.165) is 17.5 Å². The molecule has 28 heavy (non-hydrogen) atoms. The molecule has 2 aromatic carbocycles. The van der Waals surface area contributed by atoms with Gasteiger partial charge in [-0.05, 0) is 30.7 Å². The second-order valence-corrected chi connectivity index (χ2v) is 7.85. The second kappa shape index (κ2) is 8.44. The molecule has 0 amide bonds. The molecule has 0 atom stereocenters. The van der Waals surface area contributed by atoms with Crippen molar-refractivity contribution < 1.29 is 27.6 Å². The number of rotatable bonds is 7. The number of sulfonamides is 1. The third-order valence-electron chi connectivity index (χ3n) is 3.87. The number of methoxy groups -OCH3 is 2. The number of hydrogen-bond donors (Lipinski definition) is 0. The van der Waals surface area contributed by atoms with E-state index < -0.39 is 33.1 Å². The van der Waals surface area contributed by atoms with E-state index in [1.54, 1.807) is 0 Å². The van der Waals surface area contributed by atoms with Crippen molar-refractivity contribution in [2.45, 2.75) is 11.8 Å². The number of anilines is 1. The number of nitro benzene ring substituents is 1. The molecule has 0 aliphatic heterocycles. The zero-order chi connectivity index (χ0) is 21.1. The lowest BCUT2D eigenvalue weighted by Gasteiger charge is -2.24. The Labute approximate surface area is 166 Å². The molecule has 0 spiro atoms. The number of halogens is 1. The summed E-state index contributed by atoms with van der Waals surface area (Å²) in [5, 5.41) is 11.2. The molecular weight excluding hydrogens is 412 g/mol. The van der Waals surface area contributed by atoms with Crippen molar-refractivity contribution in [1.29, 1.82) is 0 Å². The molecular formula is C17H17ClN2O7S. The Morgan fingerprint density at radius 3 is 2.43 bits per heavy atom. The van der Waals surface area contributed by atoms with Gasteiger partial charge in [-0.3, -0.25) is 19.2 Å². The quantitative estimate of drug-likeness (QED) is 0.378. The normalized spacial score (nSPS) is 11.0. The molecule has 9 nitrogen and oxygen atoms in total. The van der Waals surface area contributed by atoms with Crippen LogP contribution in [0.5, 0.6) is 5.75 Å². The molecule has 0 unspecified atom stereocenters. The molecule has 0 saturated heterocycles. The molecule has 0 aromatic heterocycles. The van der Waals surface area contributed by atoms with Crippen LogP contribution >= 0.6 is 11.6 Å². The van der Waals surface area contributed by atoms with Crippen LogP contribution in [0.1, 0.15) is 5.56 Å². The number of nitrogens with zero attached hydrogens (tertiary/aromatic N) is 2. The Morgan fingerprint density at radius 2 is 1.89 bits per heavy atom. The van der Waals surface area contributed by atoms with Gasteiger partial charge in [0.15, 0.2) is 0 Å². The van der Waals surface area contributed by atoms with Gasteiger partial charge in [0, 0.05) is 12.1 Å². The standard InChI is InChI=1S/C17H17ClN2O7S/c1-11-4-5-13(20(22)23)9-16(11)28(24,25)19(10-17(21)27-3)12-6-7-15(26-2)14(18)8-12/h4-9H,10H2,1-3H3. The predicted octanol–water partition coefficient (Wildman–Crippen LogP) is 2.93. The maximum Gasteiger partial charge on any atom is 0.326 e. The first kappa shape index (κ1) is 21.5. The SMILES string of the molecule is COC(=O)CN(c1ccc(OC)c(Cl)c1)S(=O)(=O)c1cc([N+](=O)[O-])ccc1C. The Kier molecular flexibility index (Phi) is 6.47.